The third-order valence-corrected chi connectivity index (χ3v) is 3.73. The second kappa shape index (κ2) is 7.47. The Labute approximate surface area is 145 Å². The van der Waals surface area contributed by atoms with Crippen LogP contribution in [0.4, 0.5) is 13.2 Å². The van der Waals surface area contributed by atoms with E-state index in [1.807, 2.05) is 30.9 Å². The maximum Gasteiger partial charge on any atom is 0.434 e. The zero-order valence-electron chi connectivity index (χ0n) is 14.2. The van der Waals surface area contributed by atoms with Gasteiger partial charge in [-0.05, 0) is 25.6 Å². The highest BCUT2D eigenvalue weighted by molar-refractivity contribution is 5.57. The molecule has 0 saturated heterocycles. The fourth-order valence-electron chi connectivity index (χ4n) is 2.43. The minimum atomic E-state index is -4.46. The molecule has 1 aromatic heterocycles. The van der Waals surface area contributed by atoms with E-state index in [9.17, 15) is 13.2 Å². The quantitative estimate of drug-likeness (QED) is 0.705. The summed E-state index contributed by atoms with van der Waals surface area (Å²) in [7, 11) is 0. The zero-order valence-corrected chi connectivity index (χ0v) is 14.2. The molecule has 0 aliphatic rings. The topological polar surface area (TPSA) is 21.1 Å². The van der Waals surface area contributed by atoms with Crippen LogP contribution < -0.4 is 0 Å². The number of alkyl halides is 3. The Morgan fingerprint density at radius 1 is 1.32 bits per heavy atom. The van der Waals surface area contributed by atoms with E-state index in [1.165, 1.54) is 4.57 Å². The van der Waals surface area contributed by atoms with Gasteiger partial charge in [-0.2, -0.15) is 13.2 Å². The van der Waals surface area contributed by atoms with Gasteiger partial charge in [0, 0.05) is 24.3 Å². The first-order valence-electron chi connectivity index (χ1n) is 7.81. The third kappa shape index (κ3) is 4.44. The van der Waals surface area contributed by atoms with E-state index >= 15 is 0 Å². The van der Waals surface area contributed by atoms with E-state index in [0.29, 0.717) is 24.5 Å². The lowest BCUT2D eigenvalue weighted by Crippen LogP contribution is -2.16. The van der Waals surface area contributed by atoms with Crippen molar-refractivity contribution in [2.75, 3.05) is 6.54 Å². The van der Waals surface area contributed by atoms with Crippen molar-refractivity contribution in [2.24, 2.45) is 0 Å². The first-order valence-corrected chi connectivity index (χ1v) is 7.81. The minimum Gasteiger partial charge on any atom is -0.363 e. The molecule has 0 unspecified atom stereocenters. The Kier molecular flexibility index (Phi) is 5.58. The van der Waals surface area contributed by atoms with E-state index < -0.39 is 11.9 Å². The average molecular weight is 347 g/mol. The number of rotatable bonds is 6. The largest absolute Gasteiger partial charge is 0.434 e. The first-order chi connectivity index (χ1) is 11.8. The Balaban J connectivity index is 2.32. The molecule has 6 heteroatoms. The molecule has 25 heavy (non-hydrogen) atoms. The molecule has 1 heterocycles. The van der Waals surface area contributed by atoms with Crippen LogP contribution in [0.25, 0.3) is 11.4 Å². The van der Waals surface area contributed by atoms with Gasteiger partial charge in [0.2, 0.25) is 0 Å². The van der Waals surface area contributed by atoms with Crippen LogP contribution in [0.5, 0.6) is 0 Å². The molecule has 132 valence electrons. The smallest absolute Gasteiger partial charge is 0.363 e. The van der Waals surface area contributed by atoms with Gasteiger partial charge < -0.3 is 9.47 Å². The Bertz CT molecular complexity index is 765. The Morgan fingerprint density at radius 2 is 1.96 bits per heavy atom. The summed E-state index contributed by atoms with van der Waals surface area (Å²) in [5, 5.41) is 0. The van der Waals surface area contributed by atoms with Crippen molar-refractivity contribution >= 4 is 0 Å². The molecule has 0 amide bonds. The summed E-state index contributed by atoms with van der Waals surface area (Å²) in [4.78, 5) is 5.66. The van der Waals surface area contributed by atoms with Crippen LogP contribution in [-0.4, -0.2) is 21.0 Å². The molecule has 0 bridgehead atoms. The highest BCUT2D eigenvalue weighted by atomic mass is 19.4. The lowest BCUT2D eigenvalue weighted by atomic mass is 10.1. The summed E-state index contributed by atoms with van der Waals surface area (Å²) in [5.74, 6) is 2.85. The van der Waals surface area contributed by atoms with Crippen molar-refractivity contribution in [3.63, 3.8) is 0 Å². The molecule has 0 spiro atoms. The van der Waals surface area contributed by atoms with Gasteiger partial charge in [0.05, 0.1) is 6.54 Å². The molecule has 1 aromatic carbocycles. The van der Waals surface area contributed by atoms with Crippen LogP contribution >= 0.6 is 0 Å². The molecule has 0 atom stereocenters. The number of halogens is 3. The number of benzene rings is 1. The van der Waals surface area contributed by atoms with E-state index in [2.05, 4.69) is 17.5 Å². The predicted octanol–water partition coefficient (Wildman–Crippen LogP) is 4.73. The van der Waals surface area contributed by atoms with Gasteiger partial charge >= 0.3 is 6.18 Å². The molecular weight excluding hydrogens is 327 g/mol. The van der Waals surface area contributed by atoms with Gasteiger partial charge in [-0.1, -0.05) is 36.8 Å². The number of hydrogen-bond donors (Lipinski definition) is 0. The molecule has 3 nitrogen and oxygen atoms in total. The maximum absolute atomic E-state index is 13.0. The molecule has 2 rings (SSSR count). The summed E-state index contributed by atoms with van der Waals surface area (Å²) in [6.45, 7) is 8.38. The fourth-order valence-corrected chi connectivity index (χ4v) is 2.43. The SMILES string of the molecule is C#CCN(C=C)Cc1ccc(-c2nc(C(F)(F)F)cn2C(C)C)cc1. The Morgan fingerprint density at radius 3 is 2.44 bits per heavy atom. The number of aromatic nitrogens is 2. The van der Waals surface area contributed by atoms with Crippen LogP contribution in [-0.2, 0) is 12.7 Å². The minimum absolute atomic E-state index is 0.134. The van der Waals surface area contributed by atoms with Crippen molar-refractivity contribution in [2.45, 2.75) is 32.6 Å². The second-order valence-corrected chi connectivity index (χ2v) is 5.94. The van der Waals surface area contributed by atoms with Gasteiger partial charge in [0.25, 0.3) is 0 Å². The van der Waals surface area contributed by atoms with Gasteiger partial charge in [-0.15, -0.1) is 6.42 Å². The van der Waals surface area contributed by atoms with Crippen LogP contribution in [0.3, 0.4) is 0 Å². The standard InChI is InChI=1S/C19H20F3N3/c1-5-11-24(6-2)12-15-7-9-16(10-8-15)18-23-17(19(20,21)22)13-25(18)14(3)4/h1,6-10,13-14H,2,11-12H2,3-4H3. The molecule has 0 saturated carbocycles. The normalized spacial score (nSPS) is 11.4. The van der Waals surface area contributed by atoms with E-state index in [1.54, 1.807) is 18.3 Å². The van der Waals surface area contributed by atoms with E-state index in [4.69, 9.17) is 6.42 Å². The zero-order chi connectivity index (χ0) is 18.6. The van der Waals surface area contributed by atoms with Crippen LogP contribution in [0.15, 0.2) is 43.2 Å². The number of nitrogens with zero attached hydrogens (tertiary/aromatic N) is 3. The third-order valence-electron chi connectivity index (χ3n) is 3.73. The van der Waals surface area contributed by atoms with Crippen molar-refractivity contribution in [3.8, 4) is 23.7 Å². The molecule has 0 N–H and O–H groups in total. The number of imidazole rings is 1. The lowest BCUT2D eigenvalue weighted by Gasteiger charge is -2.17. The summed E-state index contributed by atoms with van der Waals surface area (Å²) < 4.78 is 40.5. The number of terminal acetylenes is 1. The monoisotopic (exact) mass is 347 g/mol. The molecule has 0 aliphatic carbocycles. The summed E-state index contributed by atoms with van der Waals surface area (Å²) in [6, 6.07) is 7.12. The van der Waals surface area contributed by atoms with Crippen molar-refractivity contribution < 1.29 is 13.2 Å². The van der Waals surface area contributed by atoms with Crippen molar-refractivity contribution in [1.29, 1.82) is 0 Å². The maximum atomic E-state index is 13.0. The molecule has 0 radical (unpaired) electrons. The molecule has 0 fully saturated rings. The highest BCUT2D eigenvalue weighted by Crippen LogP contribution is 2.32. The van der Waals surface area contributed by atoms with Crippen molar-refractivity contribution in [3.05, 3.63) is 54.5 Å². The van der Waals surface area contributed by atoms with Crippen LogP contribution in [0.1, 0.15) is 31.1 Å². The second-order valence-electron chi connectivity index (χ2n) is 5.94. The van der Waals surface area contributed by atoms with Gasteiger partial charge in [-0.3, -0.25) is 0 Å². The number of hydrogen-bond acceptors (Lipinski definition) is 2. The molecule has 2 aromatic rings. The van der Waals surface area contributed by atoms with Gasteiger partial charge in [0.1, 0.15) is 5.82 Å². The Hall–Kier alpha value is -2.68. The predicted molar refractivity (Wildman–Crippen MR) is 92.5 cm³/mol. The molecule has 0 aliphatic heterocycles. The van der Waals surface area contributed by atoms with E-state index in [-0.39, 0.29) is 6.04 Å². The van der Waals surface area contributed by atoms with Crippen LogP contribution in [0.2, 0.25) is 0 Å². The average Bonchev–Trinajstić information content (AvgIpc) is 3.01. The van der Waals surface area contributed by atoms with Crippen molar-refractivity contribution in [1.82, 2.24) is 14.5 Å². The highest BCUT2D eigenvalue weighted by Gasteiger charge is 2.35. The van der Waals surface area contributed by atoms with Gasteiger partial charge in [-0.25, -0.2) is 4.98 Å². The summed E-state index contributed by atoms with van der Waals surface area (Å²) in [5.41, 5.74) is 0.736. The molecular formula is C19H20F3N3. The van der Waals surface area contributed by atoms with Gasteiger partial charge in [0.15, 0.2) is 5.69 Å². The summed E-state index contributed by atoms with van der Waals surface area (Å²) >= 11 is 0. The van der Waals surface area contributed by atoms with Crippen LogP contribution in [0, 0.1) is 12.3 Å². The van der Waals surface area contributed by atoms with E-state index in [0.717, 1.165) is 11.8 Å². The lowest BCUT2D eigenvalue weighted by molar-refractivity contribution is -0.140. The summed E-state index contributed by atoms with van der Waals surface area (Å²) in [6.07, 6.45) is 3.55. The first kappa shape index (κ1) is 18.7. The fraction of sp³-hybridized carbons (Fsp3) is 0.316.